The van der Waals surface area contributed by atoms with Crippen LogP contribution in [0.2, 0.25) is 0 Å². The highest BCUT2D eigenvalue weighted by molar-refractivity contribution is 6.03. The first kappa shape index (κ1) is 19.7. The Bertz CT molecular complexity index is 642. The van der Waals surface area contributed by atoms with E-state index in [-0.39, 0.29) is 35.4 Å². The molecule has 1 atom stereocenters. The number of Topliss-reactive ketones (excluding diaryl/α,β-unsaturated/α-hetero) is 1. The molecule has 0 saturated heterocycles. The number of aliphatic hydroxyl groups is 1. The van der Waals surface area contributed by atoms with Crippen LogP contribution in [0.4, 0.5) is 0 Å². The first-order valence-corrected chi connectivity index (χ1v) is 9.19. The van der Waals surface area contributed by atoms with Crippen LogP contribution in [0.25, 0.3) is 0 Å². The molecular weight excluding hydrogens is 318 g/mol. The summed E-state index contributed by atoms with van der Waals surface area (Å²) in [6.45, 7) is 10.7. The number of aliphatic hydroxyl groups excluding tert-OH is 1. The van der Waals surface area contributed by atoms with Gasteiger partial charge in [-0.3, -0.25) is 9.59 Å². The van der Waals surface area contributed by atoms with Gasteiger partial charge in [-0.25, -0.2) is 0 Å². The van der Waals surface area contributed by atoms with E-state index < -0.39 is 0 Å². The standard InChI is InChI=1S/C20H31NO4/c1-12(2)8-14(6-7-22)11-21-19(24)18-13(3)17-15(23)9-20(4,5)10-16(17)25-18/h12,14,22H,6-11H2,1-5H3,(H,21,24). The minimum Gasteiger partial charge on any atom is -0.455 e. The Morgan fingerprint density at radius 3 is 2.60 bits per heavy atom. The minimum absolute atomic E-state index is 0.0597. The summed E-state index contributed by atoms with van der Waals surface area (Å²) in [4.78, 5) is 25.0. The fraction of sp³-hybridized carbons (Fsp3) is 0.700. The van der Waals surface area contributed by atoms with Gasteiger partial charge in [0.05, 0.1) is 5.56 Å². The van der Waals surface area contributed by atoms with E-state index in [0.717, 1.165) is 6.42 Å². The Labute approximate surface area is 150 Å². The van der Waals surface area contributed by atoms with Gasteiger partial charge in [-0.05, 0) is 37.0 Å². The number of amides is 1. The van der Waals surface area contributed by atoms with Gasteiger partial charge in [-0.2, -0.15) is 0 Å². The van der Waals surface area contributed by atoms with Crippen molar-refractivity contribution >= 4 is 11.7 Å². The Morgan fingerprint density at radius 1 is 1.32 bits per heavy atom. The number of furan rings is 1. The van der Waals surface area contributed by atoms with Gasteiger partial charge >= 0.3 is 0 Å². The quantitative estimate of drug-likeness (QED) is 0.789. The summed E-state index contributed by atoms with van der Waals surface area (Å²) < 4.78 is 5.80. The highest BCUT2D eigenvalue weighted by atomic mass is 16.4. The molecule has 0 aromatic carbocycles. The van der Waals surface area contributed by atoms with Crippen LogP contribution >= 0.6 is 0 Å². The number of nitrogens with one attached hydrogen (secondary N) is 1. The summed E-state index contributed by atoms with van der Waals surface area (Å²) in [6, 6.07) is 0. The van der Waals surface area contributed by atoms with E-state index in [0.29, 0.717) is 48.6 Å². The molecule has 1 unspecified atom stereocenters. The zero-order chi connectivity index (χ0) is 18.8. The van der Waals surface area contributed by atoms with Gasteiger partial charge in [0.2, 0.25) is 0 Å². The maximum Gasteiger partial charge on any atom is 0.287 e. The number of carbonyl (C=O) groups is 2. The molecule has 1 heterocycles. The van der Waals surface area contributed by atoms with E-state index in [1.54, 1.807) is 6.92 Å². The molecule has 0 radical (unpaired) electrons. The molecule has 1 aliphatic rings. The van der Waals surface area contributed by atoms with E-state index in [1.807, 2.05) is 13.8 Å². The normalized spacial score (nSPS) is 17.5. The summed E-state index contributed by atoms with van der Waals surface area (Å²) in [5.41, 5.74) is 1.11. The molecule has 1 aromatic rings. The molecule has 0 fully saturated rings. The first-order valence-electron chi connectivity index (χ1n) is 9.19. The molecule has 0 saturated carbocycles. The van der Waals surface area contributed by atoms with E-state index in [2.05, 4.69) is 19.2 Å². The number of hydrogen-bond acceptors (Lipinski definition) is 4. The van der Waals surface area contributed by atoms with Crippen molar-refractivity contribution in [1.82, 2.24) is 5.32 Å². The van der Waals surface area contributed by atoms with Crippen LogP contribution in [-0.4, -0.2) is 29.9 Å². The highest BCUT2D eigenvalue weighted by Crippen LogP contribution is 2.38. The van der Waals surface area contributed by atoms with Crippen LogP contribution in [0.1, 0.15) is 79.2 Å². The first-order chi connectivity index (χ1) is 11.6. The molecule has 1 aromatic heterocycles. The average molecular weight is 349 g/mol. The summed E-state index contributed by atoms with van der Waals surface area (Å²) in [6.07, 6.45) is 2.76. The van der Waals surface area contributed by atoms with Gasteiger partial charge in [-0.1, -0.05) is 27.7 Å². The van der Waals surface area contributed by atoms with Gasteiger partial charge in [-0.15, -0.1) is 0 Å². The van der Waals surface area contributed by atoms with Crippen molar-refractivity contribution in [2.45, 2.75) is 60.3 Å². The molecule has 25 heavy (non-hydrogen) atoms. The van der Waals surface area contributed by atoms with Crippen LogP contribution in [0.5, 0.6) is 0 Å². The molecule has 140 valence electrons. The topological polar surface area (TPSA) is 79.5 Å². The zero-order valence-corrected chi connectivity index (χ0v) is 16.1. The summed E-state index contributed by atoms with van der Waals surface area (Å²) >= 11 is 0. The van der Waals surface area contributed by atoms with Crippen LogP contribution < -0.4 is 5.32 Å². The lowest BCUT2D eigenvalue weighted by Gasteiger charge is -2.27. The summed E-state index contributed by atoms with van der Waals surface area (Å²) in [5.74, 6) is 1.42. The number of carbonyl (C=O) groups excluding carboxylic acids is 2. The van der Waals surface area contributed by atoms with Crippen LogP contribution in [0.15, 0.2) is 4.42 Å². The van der Waals surface area contributed by atoms with Crippen LogP contribution in [0.3, 0.4) is 0 Å². The Hall–Kier alpha value is -1.62. The minimum atomic E-state index is -0.274. The zero-order valence-electron chi connectivity index (χ0n) is 16.1. The second-order valence-corrected chi connectivity index (χ2v) is 8.51. The Morgan fingerprint density at radius 2 is 2.00 bits per heavy atom. The molecule has 2 rings (SSSR count). The monoisotopic (exact) mass is 349 g/mol. The summed E-state index contributed by atoms with van der Waals surface area (Å²) in [5, 5.41) is 12.1. The van der Waals surface area contributed by atoms with Gasteiger partial charge in [0, 0.05) is 31.6 Å². The average Bonchev–Trinajstić information content (AvgIpc) is 2.79. The van der Waals surface area contributed by atoms with Crippen molar-refractivity contribution in [3.8, 4) is 0 Å². The van der Waals surface area contributed by atoms with E-state index in [1.165, 1.54) is 0 Å². The van der Waals surface area contributed by atoms with Crippen molar-refractivity contribution in [3.05, 3.63) is 22.6 Å². The lowest BCUT2D eigenvalue weighted by molar-refractivity contribution is 0.0885. The predicted octanol–water partition coefficient (Wildman–Crippen LogP) is 3.52. The van der Waals surface area contributed by atoms with E-state index in [4.69, 9.17) is 4.42 Å². The molecule has 1 aliphatic carbocycles. The lowest BCUT2D eigenvalue weighted by atomic mass is 9.76. The van der Waals surface area contributed by atoms with Crippen LogP contribution in [0, 0.1) is 24.2 Å². The second-order valence-electron chi connectivity index (χ2n) is 8.51. The van der Waals surface area contributed by atoms with Crippen molar-refractivity contribution in [2.75, 3.05) is 13.2 Å². The largest absolute Gasteiger partial charge is 0.455 e. The predicted molar refractivity (Wildman–Crippen MR) is 96.9 cm³/mol. The molecule has 0 bridgehead atoms. The van der Waals surface area contributed by atoms with Gasteiger partial charge in [0.25, 0.3) is 5.91 Å². The number of fused-ring (bicyclic) bond motifs is 1. The maximum absolute atomic E-state index is 12.6. The molecule has 2 N–H and O–H groups in total. The Kier molecular flexibility index (Phi) is 6.09. The third-order valence-corrected chi connectivity index (χ3v) is 4.88. The molecule has 5 nitrogen and oxygen atoms in total. The fourth-order valence-corrected chi connectivity index (χ4v) is 3.77. The number of ketones is 1. The number of hydrogen-bond donors (Lipinski definition) is 2. The van der Waals surface area contributed by atoms with Gasteiger partial charge in [0.15, 0.2) is 11.5 Å². The third-order valence-electron chi connectivity index (χ3n) is 4.88. The fourth-order valence-electron chi connectivity index (χ4n) is 3.77. The van der Waals surface area contributed by atoms with E-state index >= 15 is 0 Å². The van der Waals surface area contributed by atoms with Crippen LogP contribution in [-0.2, 0) is 6.42 Å². The van der Waals surface area contributed by atoms with Gasteiger partial charge < -0.3 is 14.8 Å². The van der Waals surface area contributed by atoms with Crippen molar-refractivity contribution in [3.63, 3.8) is 0 Å². The second kappa shape index (κ2) is 7.73. The Balaban J connectivity index is 2.11. The van der Waals surface area contributed by atoms with Crippen molar-refractivity contribution in [2.24, 2.45) is 17.3 Å². The molecule has 5 heteroatoms. The van der Waals surface area contributed by atoms with E-state index in [9.17, 15) is 14.7 Å². The van der Waals surface area contributed by atoms with Crippen molar-refractivity contribution < 1.29 is 19.1 Å². The molecule has 1 amide bonds. The maximum atomic E-state index is 12.6. The van der Waals surface area contributed by atoms with Crippen molar-refractivity contribution in [1.29, 1.82) is 0 Å². The molecular formula is C20H31NO4. The summed E-state index contributed by atoms with van der Waals surface area (Å²) in [7, 11) is 0. The van der Waals surface area contributed by atoms with Gasteiger partial charge in [0.1, 0.15) is 5.76 Å². The third kappa shape index (κ3) is 4.72. The lowest BCUT2D eigenvalue weighted by Crippen LogP contribution is -2.30. The smallest absolute Gasteiger partial charge is 0.287 e. The molecule has 0 spiro atoms. The number of rotatable bonds is 7. The highest BCUT2D eigenvalue weighted by Gasteiger charge is 2.37. The molecule has 0 aliphatic heterocycles. The SMILES string of the molecule is Cc1c(C(=O)NCC(CCO)CC(C)C)oc2c1C(=O)CC(C)(C)C2.